The first kappa shape index (κ1) is 22.2. The maximum Gasteiger partial charge on any atom is 0.329 e. The van der Waals surface area contributed by atoms with Gasteiger partial charge in [-0.05, 0) is 69.4 Å². The lowest BCUT2D eigenvalue weighted by Gasteiger charge is -2.31. The number of piperidine rings is 1. The molecule has 0 saturated carbocycles. The molecule has 1 aromatic rings. The molecular formula is C20H28N4O5S. The Morgan fingerprint density at radius 1 is 1.17 bits per heavy atom. The maximum atomic E-state index is 13.0. The largest absolute Gasteiger partial charge is 0.369 e. The second-order valence-electron chi connectivity index (χ2n) is 8.54. The van der Waals surface area contributed by atoms with Crippen molar-refractivity contribution in [2.75, 3.05) is 18.0 Å². The Kier molecular flexibility index (Phi) is 5.68. The van der Waals surface area contributed by atoms with Crippen molar-refractivity contribution in [3.63, 3.8) is 0 Å². The van der Waals surface area contributed by atoms with Crippen molar-refractivity contribution in [3.8, 4) is 0 Å². The van der Waals surface area contributed by atoms with E-state index in [1.807, 2.05) is 0 Å². The minimum absolute atomic E-state index is 0.166. The van der Waals surface area contributed by atoms with Crippen molar-refractivity contribution in [2.24, 2.45) is 11.7 Å². The summed E-state index contributed by atoms with van der Waals surface area (Å²) in [5.41, 5.74) is 6.96. The molecule has 3 rings (SSSR count). The molecule has 164 valence electrons. The van der Waals surface area contributed by atoms with E-state index in [-0.39, 0.29) is 36.6 Å². The van der Waals surface area contributed by atoms with Gasteiger partial charge in [-0.1, -0.05) is 0 Å². The number of nitrogens with two attached hydrogens (primary N) is 1. The molecule has 9 nitrogen and oxygen atoms in total. The van der Waals surface area contributed by atoms with E-state index in [4.69, 9.17) is 5.73 Å². The summed E-state index contributed by atoms with van der Waals surface area (Å²) in [5.74, 6) is -1.21. The van der Waals surface area contributed by atoms with E-state index >= 15 is 0 Å². The van der Waals surface area contributed by atoms with Gasteiger partial charge in [-0.3, -0.25) is 19.8 Å². The lowest BCUT2D eigenvalue weighted by molar-refractivity contribution is -0.123. The number of benzene rings is 1. The first-order chi connectivity index (χ1) is 13.8. The zero-order valence-electron chi connectivity index (χ0n) is 17.7. The molecule has 4 amide bonds. The average Bonchev–Trinajstić information content (AvgIpc) is 2.85. The Bertz CT molecular complexity index is 987. The van der Waals surface area contributed by atoms with Crippen LogP contribution in [0.5, 0.6) is 0 Å². The fraction of sp³-hybridized carbons (Fsp3) is 0.550. The topological polar surface area (TPSA) is 130 Å². The van der Waals surface area contributed by atoms with Gasteiger partial charge in [0, 0.05) is 24.7 Å². The molecular weight excluding hydrogens is 408 g/mol. The van der Waals surface area contributed by atoms with Gasteiger partial charge >= 0.3 is 6.03 Å². The summed E-state index contributed by atoms with van der Waals surface area (Å²) in [6.07, 6.45) is 0.858. The first-order valence-corrected chi connectivity index (χ1v) is 11.5. The SMILES string of the molecule is Cc1cc(N2C(=O)NC(=O)C2(C)C)cc(C)c1CS(=O)(=O)N1CCC(C(N)=O)CC1. The van der Waals surface area contributed by atoms with E-state index < -0.39 is 21.6 Å². The fourth-order valence-electron chi connectivity index (χ4n) is 4.12. The summed E-state index contributed by atoms with van der Waals surface area (Å²) in [7, 11) is -3.57. The van der Waals surface area contributed by atoms with Gasteiger partial charge < -0.3 is 5.73 Å². The number of amides is 4. The first-order valence-electron chi connectivity index (χ1n) is 9.87. The van der Waals surface area contributed by atoms with Crippen molar-refractivity contribution in [2.45, 2.75) is 51.8 Å². The molecule has 30 heavy (non-hydrogen) atoms. The van der Waals surface area contributed by atoms with Crippen LogP contribution in [-0.2, 0) is 25.4 Å². The Balaban J connectivity index is 1.84. The molecule has 0 atom stereocenters. The zero-order valence-corrected chi connectivity index (χ0v) is 18.5. The summed E-state index contributed by atoms with van der Waals surface area (Å²) in [4.78, 5) is 37.1. The number of anilines is 1. The number of nitrogens with one attached hydrogen (secondary N) is 1. The number of hydrogen-bond donors (Lipinski definition) is 2. The van der Waals surface area contributed by atoms with Crippen LogP contribution in [0.15, 0.2) is 12.1 Å². The van der Waals surface area contributed by atoms with Crippen LogP contribution in [0.4, 0.5) is 10.5 Å². The number of sulfonamides is 1. The number of hydrogen-bond acceptors (Lipinski definition) is 5. The van der Waals surface area contributed by atoms with Crippen molar-refractivity contribution < 1.29 is 22.8 Å². The second-order valence-corrected chi connectivity index (χ2v) is 10.5. The Morgan fingerprint density at radius 3 is 2.13 bits per heavy atom. The molecule has 0 aromatic heterocycles. The van der Waals surface area contributed by atoms with Gasteiger partial charge in [-0.25, -0.2) is 17.5 Å². The van der Waals surface area contributed by atoms with Crippen LogP contribution in [0.2, 0.25) is 0 Å². The minimum atomic E-state index is -3.57. The van der Waals surface area contributed by atoms with Crippen LogP contribution in [0.25, 0.3) is 0 Å². The van der Waals surface area contributed by atoms with E-state index in [0.717, 1.165) is 11.1 Å². The number of rotatable bonds is 5. The van der Waals surface area contributed by atoms with Gasteiger partial charge in [0.25, 0.3) is 5.91 Å². The normalized spacial score (nSPS) is 20.5. The molecule has 3 N–H and O–H groups in total. The lowest BCUT2D eigenvalue weighted by Crippen LogP contribution is -2.44. The molecule has 0 bridgehead atoms. The van der Waals surface area contributed by atoms with E-state index in [9.17, 15) is 22.8 Å². The standard InChI is InChI=1S/C20H28N4O5S/c1-12-9-15(24-19(27)22-18(26)20(24,3)4)10-13(2)16(12)11-30(28,29)23-7-5-14(6-8-23)17(21)25/h9-10,14H,5-8,11H2,1-4H3,(H2,21,25)(H,22,26,27). The number of aryl methyl sites for hydroxylation is 2. The molecule has 0 aliphatic carbocycles. The number of nitrogens with zero attached hydrogens (tertiary/aromatic N) is 2. The molecule has 0 radical (unpaired) electrons. The minimum Gasteiger partial charge on any atom is -0.369 e. The van der Waals surface area contributed by atoms with Crippen LogP contribution >= 0.6 is 0 Å². The van der Waals surface area contributed by atoms with Crippen LogP contribution in [0, 0.1) is 19.8 Å². The highest BCUT2D eigenvalue weighted by Gasteiger charge is 2.46. The van der Waals surface area contributed by atoms with Crippen molar-refractivity contribution in [3.05, 3.63) is 28.8 Å². The number of urea groups is 1. The van der Waals surface area contributed by atoms with Gasteiger partial charge in [0.2, 0.25) is 15.9 Å². The van der Waals surface area contributed by atoms with Gasteiger partial charge in [0.1, 0.15) is 5.54 Å². The summed E-state index contributed by atoms with van der Waals surface area (Å²) < 4.78 is 27.3. The number of imide groups is 1. The predicted molar refractivity (Wildman–Crippen MR) is 112 cm³/mol. The summed E-state index contributed by atoms with van der Waals surface area (Å²) in [6.45, 7) is 7.46. The van der Waals surface area contributed by atoms with E-state index in [2.05, 4.69) is 5.32 Å². The van der Waals surface area contributed by atoms with Gasteiger partial charge in [-0.15, -0.1) is 0 Å². The lowest BCUT2D eigenvalue weighted by atomic mass is 9.98. The molecule has 2 heterocycles. The summed E-state index contributed by atoms with van der Waals surface area (Å²) in [5, 5.41) is 2.31. The average molecular weight is 437 g/mol. The van der Waals surface area contributed by atoms with Gasteiger partial charge in [-0.2, -0.15) is 0 Å². The predicted octanol–water partition coefficient (Wildman–Crippen LogP) is 1.17. The van der Waals surface area contributed by atoms with E-state index in [1.165, 1.54) is 9.21 Å². The van der Waals surface area contributed by atoms with Crippen molar-refractivity contribution >= 4 is 33.6 Å². The summed E-state index contributed by atoms with van der Waals surface area (Å²) in [6, 6.07) is 2.97. The molecule has 0 unspecified atom stereocenters. The number of carbonyl (C=O) groups excluding carboxylic acids is 3. The quantitative estimate of drug-likeness (QED) is 0.669. The Morgan fingerprint density at radius 2 is 1.70 bits per heavy atom. The third-order valence-electron chi connectivity index (χ3n) is 6.05. The highest BCUT2D eigenvalue weighted by atomic mass is 32.2. The smallest absolute Gasteiger partial charge is 0.329 e. The second kappa shape index (κ2) is 7.66. The summed E-state index contributed by atoms with van der Waals surface area (Å²) >= 11 is 0. The molecule has 2 saturated heterocycles. The Hall–Kier alpha value is -2.46. The van der Waals surface area contributed by atoms with Crippen molar-refractivity contribution in [1.29, 1.82) is 0 Å². The highest BCUT2D eigenvalue weighted by Crippen LogP contribution is 2.33. The van der Waals surface area contributed by atoms with Crippen LogP contribution in [0.1, 0.15) is 43.4 Å². The number of primary amides is 1. The molecule has 10 heteroatoms. The molecule has 2 fully saturated rings. The maximum absolute atomic E-state index is 13.0. The van der Waals surface area contributed by atoms with Crippen molar-refractivity contribution in [1.82, 2.24) is 9.62 Å². The van der Waals surface area contributed by atoms with E-state index in [0.29, 0.717) is 24.1 Å². The highest BCUT2D eigenvalue weighted by molar-refractivity contribution is 7.88. The fourth-order valence-corrected chi connectivity index (χ4v) is 5.89. The third kappa shape index (κ3) is 3.93. The van der Waals surface area contributed by atoms with Crippen LogP contribution in [0.3, 0.4) is 0 Å². The van der Waals surface area contributed by atoms with Gasteiger partial charge in [0.15, 0.2) is 0 Å². The monoisotopic (exact) mass is 436 g/mol. The number of carbonyl (C=O) groups is 3. The molecule has 0 spiro atoms. The van der Waals surface area contributed by atoms with Crippen LogP contribution in [-0.4, -0.2) is 49.2 Å². The van der Waals surface area contributed by atoms with E-state index in [1.54, 1.807) is 39.8 Å². The third-order valence-corrected chi connectivity index (χ3v) is 7.86. The molecule has 1 aromatic carbocycles. The van der Waals surface area contributed by atoms with Gasteiger partial charge in [0.05, 0.1) is 5.75 Å². The molecule has 2 aliphatic rings. The molecule has 2 aliphatic heterocycles. The van der Waals surface area contributed by atoms with Crippen LogP contribution < -0.4 is 16.0 Å². The zero-order chi connectivity index (χ0) is 22.4. The Labute approximate surface area is 176 Å².